The summed E-state index contributed by atoms with van der Waals surface area (Å²) in [5.41, 5.74) is 15.0. The van der Waals surface area contributed by atoms with Crippen LogP contribution in [-0.2, 0) is 12.5 Å². The van der Waals surface area contributed by atoms with E-state index in [1.165, 1.54) is 124 Å². The second-order valence-electron chi connectivity index (χ2n) is 16.5. The number of aromatic nitrogens is 1. The lowest BCUT2D eigenvalue weighted by molar-refractivity contribution is 0.420. The zero-order chi connectivity index (χ0) is 32.9. The minimum Gasteiger partial charge on any atom is -0.343 e. The summed E-state index contributed by atoms with van der Waals surface area (Å²) in [4.78, 5) is 2.51. The Bertz CT molecular complexity index is 2210. The fraction of sp³-hybridized carbons (Fsp3) is 0.362. The normalized spacial score (nSPS) is 22.6. The van der Waals surface area contributed by atoms with E-state index >= 15 is 0 Å². The number of nitrogens with zero attached hydrogens (tertiary/aromatic N) is 2. The molecule has 3 atom stereocenters. The van der Waals surface area contributed by atoms with E-state index in [0.717, 1.165) is 17.8 Å². The highest BCUT2D eigenvalue weighted by molar-refractivity contribution is 6.12. The smallest absolute Gasteiger partial charge is 0.0536 e. The summed E-state index contributed by atoms with van der Waals surface area (Å²) < 4.78 is 2.43. The van der Waals surface area contributed by atoms with Gasteiger partial charge < -0.3 is 9.47 Å². The van der Waals surface area contributed by atoms with Gasteiger partial charge in [0.05, 0.1) is 5.52 Å². The van der Waals surface area contributed by atoms with Crippen LogP contribution in [-0.4, -0.2) is 4.57 Å². The molecule has 3 fully saturated rings. The van der Waals surface area contributed by atoms with Crippen LogP contribution in [0.15, 0.2) is 103 Å². The molecule has 3 saturated carbocycles. The summed E-state index contributed by atoms with van der Waals surface area (Å²) in [5.74, 6) is 3.32. The monoisotopic (exact) mass is 640 g/mol. The highest BCUT2D eigenvalue weighted by Crippen LogP contribution is 2.55. The van der Waals surface area contributed by atoms with Crippen LogP contribution in [0.25, 0.3) is 32.9 Å². The first-order valence-electron chi connectivity index (χ1n) is 19.1. The number of hydrogen-bond donors (Lipinski definition) is 0. The molecule has 6 aromatic rings. The van der Waals surface area contributed by atoms with Crippen molar-refractivity contribution in [1.82, 2.24) is 4.57 Å². The lowest BCUT2D eigenvalue weighted by Crippen LogP contribution is -2.18. The summed E-state index contributed by atoms with van der Waals surface area (Å²) in [6, 6.07) is 40.2. The van der Waals surface area contributed by atoms with E-state index in [1.807, 2.05) is 0 Å². The Morgan fingerprint density at radius 1 is 0.633 bits per heavy atom. The zero-order valence-corrected chi connectivity index (χ0v) is 29.4. The predicted molar refractivity (Wildman–Crippen MR) is 207 cm³/mol. The van der Waals surface area contributed by atoms with Crippen molar-refractivity contribution in [3.05, 3.63) is 125 Å². The van der Waals surface area contributed by atoms with Crippen LogP contribution < -0.4 is 4.90 Å². The van der Waals surface area contributed by atoms with Gasteiger partial charge in [-0.15, -0.1) is 0 Å². The number of rotatable bonds is 5. The number of benzene rings is 5. The third-order valence-corrected chi connectivity index (χ3v) is 13.5. The summed E-state index contributed by atoms with van der Waals surface area (Å²) in [6.07, 6.45) is 12.5. The molecule has 1 heterocycles. The molecule has 246 valence electrons. The lowest BCUT2D eigenvalue weighted by atomic mass is 9.81. The molecule has 10 rings (SSSR count). The molecule has 2 heteroatoms. The van der Waals surface area contributed by atoms with Gasteiger partial charge in [-0.05, 0) is 132 Å². The maximum atomic E-state index is 2.51. The minimum atomic E-state index is -0.134. The highest BCUT2D eigenvalue weighted by atomic mass is 15.1. The quantitative estimate of drug-likeness (QED) is 0.182. The number of fused-ring (bicyclic) bond motifs is 9. The molecule has 0 aliphatic heterocycles. The topological polar surface area (TPSA) is 8.17 Å². The summed E-state index contributed by atoms with van der Waals surface area (Å²) in [6.45, 7) is 4.87. The van der Waals surface area contributed by atoms with Crippen molar-refractivity contribution in [3.63, 3.8) is 0 Å². The van der Waals surface area contributed by atoms with E-state index in [9.17, 15) is 0 Å². The first kappa shape index (κ1) is 29.6. The first-order valence-corrected chi connectivity index (χ1v) is 19.1. The zero-order valence-electron chi connectivity index (χ0n) is 29.4. The van der Waals surface area contributed by atoms with Crippen LogP contribution in [0.4, 0.5) is 17.1 Å². The second kappa shape index (κ2) is 11.1. The molecule has 4 aliphatic carbocycles. The standard InChI is InChI=1S/C47H48N2/c1-47(2)43-29-37(23-24-38(43)40-25-26-41-39-11-7-8-12-44(39)48(3)46(41)45(40)47)49(35-19-15-32(16-20-35)31-9-5-4-6-10-31)36-21-17-33(18-22-36)42-28-30-13-14-34(42)27-30/h7-8,11-12,15-26,29-31,34,42H,4-6,9-10,13-14,27-28H2,1-3H3. The fourth-order valence-electron chi connectivity index (χ4n) is 11.0. The van der Waals surface area contributed by atoms with Crippen LogP contribution in [0.3, 0.4) is 0 Å². The SMILES string of the molecule is Cn1c2ccccc2c2ccc3c(c21)C(C)(C)c1cc(N(c2ccc(C4CCCCC4)cc2)c2ccc(C4CC5CCC4C5)cc2)ccc1-3. The third-order valence-electron chi connectivity index (χ3n) is 13.5. The van der Waals surface area contributed by atoms with Gasteiger partial charge in [-0.2, -0.15) is 0 Å². The van der Waals surface area contributed by atoms with Gasteiger partial charge in [-0.25, -0.2) is 0 Å². The van der Waals surface area contributed by atoms with Crippen LogP contribution in [0, 0.1) is 11.8 Å². The van der Waals surface area contributed by atoms with Gasteiger partial charge >= 0.3 is 0 Å². The molecule has 4 aliphatic rings. The van der Waals surface area contributed by atoms with Gasteiger partial charge in [-0.3, -0.25) is 0 Å². The molecular formula is C47H48N2. The molecule has 2 nitrogen and oxygen atoms in total. The van der Waals surface area contributed by atoms with Crippen LogP contribution in [0.2, 0.25) is 0 Å². The summed E-state index contributed by atoms with van der Waals surface area (Å²) in [5, 5.41) is 2.69. The molecule has 2 bridgehead atoms. The average Bonchev–Trinajstić information content (AvgIpc) is 3.91. The first-order chi connectivity index (χ1) is 24.0. The maximum absolute atomic E-state index is 2.51. The van der Waals surface area contributed by atoms with Crippen molar-refractivity contribution in [2.24, 2.45) is 18.9 Å². The van der Waals surface area contributed by atoms with Crippen molar-refractivity contribution in [3.8, 4) is 11.1 Å². The Balaban J connectivity index is 1.08. The molecule has 0 spiro atoms. The Labute approximate surface area is 291 Å². The van der Waals surface area contributed by atoms with Crippen molar-refractivity contribution in [1.29, 1.82) is 0 Å². The molecular weight excluding hydrogens is 593 g/mol. The van der Waals surface area contributed by atoms with Crippen LogP contribution in [0.1, 0.15) is 106 Å². The largest absolute Gasteiger partial charge is 0.343 e. The van der Waals surface area contributed by atoms with Crippen LogP contribution >= 0.6 is 0 Å². The average molecular weight is 641 g/mol. The number of anilines is 3. The highest BCUT2D eigenvalue weighted by Gasteiger charge is 2.41. The van der Waals surface area contributed by atoms with Gasteiger partial charge in [0.15, 0.2) is 0 Å². The van der Waals surface area contributed by atoms with Gasteiger partial charge in [0.25, 0.3) is 0 Å². The Morgan fingerprint density at radius 2 is 1.33 bits per heavy atom. The van der Waals surface area contributed by atoms with Crippen molar-refractivity contribution >= 4 is 38.9 Å². The summed E-state index contributed by atoms with van der Waals surface area (Å²) >= 11 is 0. The number of aryl methyl sites for hydroxylation is 1. The maximum Gasteiger partial charge on any atom is 0.0536 e. The van der Waals surface area contributed by atoms with Gasteiger partial charge in [0.2, 0.25) is 0 Å². The van der Waals surface area contributed by atoms with Crippen molar-refractivity contribution < 1.29 is 0 Å². The second-order valence-corrected chi connectivity index (χ2v) is 16.5. The molecule has 0 N–H and O–H groups in total. The van der Waals surface area contributed by atoms with E-state index in [2.05, 4.69) is 133 Å². The molecule has 49 heavy (non-hydrogen) atoms. The van der Waals surface area contributed by atoms with Crippen molar-refractivity contribution in [2.75, 3.05) is 4.90 Å². The molecule has 0 amide bonds. The molecule has 0 radical (unpaired) electrons. The number of hydrogen-bond acceptors (Lipinski definition) is 1. The molecule has 5 aromatic carbocycles. The van der Waals surface area contributed by atoms with E-state index < -0.39 is 0 Å². The molecule has 0 saturated heterocycles. The Kier molecular flexibility index (Phi) is 6.71. The van der Waals surface area contributed by atoms with Gasteiger partial charge in [0.1, 0.15) is 0 Å². The predicted octanol–water partition coefficient (Wildman–Crippen LogP) is 13.1. The van der Waals surface area contributed by atoms with Crippen LogP contribution in [0.5, 0.6) is 0 Å². The third kappa shape index (κ3) is 4.52. The Morgan fingerprint density at radius 3 is 2.04 bits per heavy atom. The lowest BCUT2D eigenvalue weighted by Gasteiger charge is -2.29. The van der Waals surface area contributed by atoms with Gasteiger partial charge in [-0.1, -0.05) is 100 Å². The molecule has 1 aromatic heterocycles. The Hall–Kier alpha value is -4.30. The van der Waals surface area contributed by atoms with E-state index in [1.54, 1.807) is 5.56 Å². The van der Waals surface area contributed by atoms with E-state index in [0.29, 0.717) is 5.92 Å². The van der Waals surface area contributed by atoms with Gasteiger partial charge in [0, 0.05) is 45.8 Å². The summed E-state index contributed by atoms with van der Waals surface area (Å²) in [7, 11) is 2.24. The minimum absolute atomic E-state index is 0.134. The molecule has 3 unspecified atom stereocenters. The van der Waals surface area contributed by atoms with E-state index in [-0.39, 0.29) is 5.41 Å². The van der Waals surface area contributed by atoms with Crippen molar-refractivity contribution in [2.45, 2.75) is 88.9 Å². The van der Waals surface area contributed by atoms with E-state index in [4.69, 9.17) is 0 Å². The number of para-hydroxylation sites is 1. The fourth-order valence-corrected chi connectivity index (χ4v) is 11.0.